The van der Waals surface area contributed by atoms with Crippen molar-refractivity contribution in [2.45, 2.75) is 18.9 Å². The van der Waals surface area contributed by atoms with E-state index >= 15 is 0 Å². The van der Waals surface area contributed by atoms with Gasteiger partial charge in [-0.1, -0.05) is 18.2 Å². The molecule has 1 aliphatic rings. The molecule has 122 valence electrons. The Balaban J connectivity index is 1.48. The summed E-state index contributed by atoms with van der Waals surface area (Å²) in [5, 5.41) is 1.12. The summed E-state index contributed by atoms with van der Waals surface area (Å²) in [5.74, 6) is 0.651. The van der Waals surface area contributed by atoms with E-state index in [1.54, 1.807) is 23.6 Å². The molecular formula is C18H17N3O2S. The Kier molecular flexibility index (Phi) is 4.13. The number of ether oxygens (including phenoxy) is 1. The van der Waals surface area contributed by atoms with Gasteiger partial charge in [0.05, 0.1) is 11.4 Å². The SMILES string of the molecule is O=C(c1cc2ccccc2s1)N1CCCC(Oc2ccncn2)C1. The molecule has 0 bridgehead atoms. The molecule has 2 aromatic heterocycles. The van der Waals surface area contributed by atoms with Crippen LogP contribution < -0.4 is 4.74 Å². The largest absolute Gasteiger partial charge is 0.472 e. The molecule has 1 saturated heterocycles. The topological polar surface area (TPSA) is 55.3 Å². The monoisotopic (exact) mass is 339 g/mol. The molecule has 24 heavy (non-hydrogen) atoms. The van der Waals surface area contributed by atoms with Crippen LogP contribution in [0.25, 0.3) is 10.1 Å². The highest BCUT2D eigenvalue weighted by atomic mass is 32.1. The summed E-state index contributed by atoms with van der Waals surface area (Å²) in [5.41, 5.74) is 0. The van der Waals surface area contributed by atoms with Crippen molar-refractivity contribution in [1.29, 1.82) is 0 Å². The van der Waals surface area contributed by atoms with Crippen LogP contribution in [-0.2, 0) is 0 Å². The number of aromatic nitrogens is 2. The minimum Gasteiger partial charge on any atom is -0.472 e. The van der Waals surface area contributed by atoms with Crippen LogP contribution in [-0.4, -0.2) is 40.0 Å². The first-order valence-electron chi connectivity index (χ1n) is 8.00. The number of carbonyl (C=O) groups is 1. The standard InChI is InChI=1S/C18H17N3O2S/c22-18(16-10-13-4-1-2-6-15(13)24-16)21-9-3-5-14(11-21)23-17-7-8-19-12-20-17/h1-2,4,6-8,10,12,14H,3,5,9,11H2. The molecule has 1 aliphatic heterocycles. The molecule has 1 unspecified atom stereocenters. The van der Waals surface area contributed by atoms with Gasteiger partial charge in [-0.2, -0.15) is 0 Å². The second kappa shape index (κ2) is 6.57. The zero-order chi connectivity index (χ0) is 16.4. The predicted molar refractivity (Wildman–Crippen MR) is 93.4 cm³/mol. The number of hydrogen-bond acceptors (Lipinski definition) is 5. The lowest BCUT2D eigenvalue weighted by Crippen LogP contribution is -2.44. The number of piperidine rings is 1. The van der Waals surface area contributed by atoms with Gasteiger partial charge >= 0.3 is 0 Å². The Hall–Kier alpha value is -2.47. The zero-order valence-corrected chi connectivity index (χ0v) is 13.9. The molecule has 1 aromatic carbocycles. The van der Waals surface area contributed by atoms with Gasteiger partial charge in [0.1, 0.15) is 12.4 Å². The van der Waals surface area contributed by atoms with Gasteiger partial charge in [-0.3, -0.25) is 4.79 Å². The average molecular weight is 339 g/mol. The van der Waals surface area contributed by atoms with Gasteiger partial charge in [-0.05, 0) is 30.4 Å². The number of amides is 1. The molecule has 0 saturated carbocycles. The lowest BCUT2D eigenvalue weighted by molar-refractivity contribution is 0.0532. The van der Waals surface area contributed by atoms with Gasteiger partial charge < -0.3 is 9.64 Å². The third-order valence-electron chi connectivity index (χ3n) is 4.14. The second-order valence-electron chi connectivity index (χ2n) is 5.83. The number of likely N-dealkylation sites (tertiary alicyclic amines) is 1. The van der Waals surface area contributed by atoms with Crippen LogP contribution >= 0.6 is 11.3 Å². The molecule has 5 nitrogen and oxygen atoms in total. The van der Waals surface area contributed by atoms with Gasteiger partial charge in [-0.25, -0.2) is 9.97 Å². The highest BCUT2D eigenvalue weighted by Gasteiger charge is 2.26. The molecule has 1 fully saturated rings. The Labute approximate surface area is 143 Å². The Morgan fingerprint density at radius 1 is 1.29 bits per heavy atom. The van der Waals surface area contributed by atoms with E-state index in [1.807, 2.05) is 35.2 Å². The van der Waals surface area contributed by atoms with Crippen molar-refractivity contribution in [3.63, 3.8) is 0 Å². The maximum absolute atomic E-state index is 12.8. The van der Waals surface area contributed by atoms with Crippen molar-refractivity contribution in [2.24, 2.45) is 0 Å². The first kappa shape index (κ1) is 15.1. The van der Waals surface area contributed by atoms with E-state index < -0.39 is 0 Å². The summed E-state index contributed by atoms with van der Waals surface area (Å²) in [6, 6.07) is 11.8. The number of hydrogen-bond donors (Lipinski definition) is 0. The molecule has 0 aliphatic carbocycles. The highest BCUT2D eigenvalue weighted by molar-refractivity contribution is 7.20. The first-order chi connectivity index (χ1) is 11.8. The lowest BCUT2D eigenvalue weighted by atomic mass is 10.1. The van der Waals surface area contributed by atoms with Crippen molar-refractivity contribution in [1.82, 2.24) is 14.9 Å². The van der Waals surface area contributed by atoms with Gasteiger partial charge in [0.25, 0.3) is 5.91 Å². The van der Waals surface area contributed by atoms with E-state index in [-0.39, 0.29) is 12.0 Å². The van der Waals surface area contributed by atoms with E-state index in [0.717, 1.165) is 34.3 Å². The molecular weight excluding hydrogens is 322 g/mol. The normalized spacial score (nSPS) is 17.8. The summed E-state index contributed by atoms with van der Waals surface area (Å²) in [7, 11) is 0. The fourth-order valence-electron chi connectivity index (χ4n) is 2.98. The average Bonchev–Trinajstić information content (AvgIpc) is 3.06. The number of thiophene rings is 1. The molecule has 3 heterocycles. The van der Waals surface area contributed by atoms with Crippen LogP contribution in [0.2, 0.25) is 0 Å². The highest BCUT2D eigenvalue weighted by Crippen LogP contribution is 2.27. The smallest absolute Gasteiger partial charge is 0.264 e. The van der Waals surface area contributed by atoms with Gasteiger partial charge in [0, 0.05) is 23.5 Å². The molecule has 4 rings (SSSR count). The summed E-state index contributed by atoms with van der Waals surface area (Å²) < 4.78 is 7.03. The van der Waals surface area contributed by atoms with E-state index in [0.29, 0.717) is 12.4 Å². The molecule has 6 heteroatoms. The van der Waals surface area contributed by atoms with Crippen LogP contribution in [0.5, 0.6) is 5.88 Å². The quantitative estimate of drug-likeness (QED) is 0.734. The first-order valence-corrected chi connectivity index (χ1v) is 8.82. The van der Waals surface area contributed by atoms with Crippen LogP contribution in [0.15, 0.2) is 48.9 Å². The van der Waals surface area contributed by atoms with Crippen LogP contribution in [0.3, 0.4) is 0 Å². The fraction of sp³-hybridized carbons (Fsp3) is 0.278. The van der Waals surface area contributed by atoms with Crippen molar-refractivity contribution in [2.75, 3.05) is 13.1 Å². The van der Waals surface area contributed by atoms with Gasteiger partial charge in [-0.15, -0.1) is 11.3 Å². The van der Waals surface area contributed by atoms with Crippen LogP contribution in [0.1, 0.15) is 22.5 Å². The molecule has 3 aromatic rings. The minimum atomic E-state index is -0.0213. The third kappa shape index (κ3) is 3.10. The van der Waals surface area contributed by atoms with E-state index in [9.17, 15) is 4.79 Å². The number of benzene rings is 1. The van der Waals surface area contributed by atoms with E-state index in [2.05, 4.69) is 9.97 Å². The predicted octanol–water partition coefficient (Wildman–Crippen LogP) is 3.37. The van der Waals surface area contributed by atoms with Gasteiger partial charge in [0.15, 0.2) is 0 Å². The van der Waals surface area contributed by atoms with Crippen LogP contribution in [0.4, 0.5) is 0 Å². The van der Waals surface area contributed by atoms with Crippen molar-refractivity contribution >= 4 is 27.3 Å². The van der Waals surface area contributed by atoms with Crippen molar-refractivity contribution < 1.29 is 9.53 Å². The third-order valence-corrected chi connectivity index (χ3v) is 5.25. The number of carbonyl (C=O) groups excluding carboxylic acids is 1. The maximum Gasteiger partial charge on any atom is 0.264 e. The molecule has 1 atom stereocenters. The van der Waals surface area contributed by atoms with Crippen molar-refractivity contribution in [3.05, 3.63) is 53.8 Å². The molecule has 1 amide bonds. The Morgan fingerprint density at radius 3 is 3.04 bits per heavy atom. The number of fused-ring (bicyclic) bond motifs is 1. The summed E-state index contributed by atoms with van der Waals surface area (Å²) in [4.78, 5) is 23.5. The van der Waals surface area contributed by atoms with Crippen LogP contribution in [0, 0.1) is 0 Å². The van der Waals surface area contributed by atoms with E-state index in [4.69, 9.17) is 4.74 Å². The lowest BCUT2D eigenvalue weighted by Gasteiger charge is -2.32. The Bertz CT molecular complexity index is 817. The number of rotatable bonds is 3. The summed E-state index contributed by atoms with van der Waals surface area (Å²) in [6.45, 7) is 1.37. The second-order valence-corrected chi connectivity index (χ2v) is 6.91. The fourth-order valence-corrected chi connectivity index (χ4v) is 4.01. The molecule has 0 radical (unpaired) electrons. The number of nitrogens with zero attached hydrogens (tertiary/aromatic N) is 3. The molecule has 0 N–H and O–H groups in total. The molecule has 0 spiro atoms. The summed E-state index contributed by atoms with van der Waals surface area (Å²) in [6.07, 6.45) is 4.97. The minimum absolute atomic E-state index is 0.0213. The summed E-state index contributed by atoms with van der Waals surface area (Å²) >= 11 is 1.55. The van der Waals surface area contributed by atoms with Crippen molar-refractivity contribution in [3.8, 4) is 5.88 Å². The van der Waals surface area contributed by atoms with Gasteiger partial charge in [0.2, 0.25) is 5.88 Å². The maximum atomic E-state index is 12.8. The zero-order valence-electron chi connectivity index (χ0n) is 13.1. The van der Waals surface area contributed by atoms with E-state index in [1.165, 1.54) is 6.33 Å². The Morgan fingerprint density at radius 2 is 2.21 bits per heavy atom.